The molecule has 1 atom stereocenters. The van der Waals surface area contributed by atoms with E-state index in [4.69, 9.17) is 14.2 Å². The van der Waals surface area contributed by atoms with E-state index in [1.54, 1.807) is 31.0 Å². The van der Waals surface area contributed by atoms with Gasteiger partial charge in [-0.2, -0.15) is 4.68 Å². The molecule has 1 aliphatic rings. The van der Waals surface area contributed by atoms with Gasteiger partial charge in [0.2, 0.25) is 5.95 Å². The molecule has 1 aromatic heterocycles. The summed E-state index contributed by atoms with van der Waals surface area (Å²) in [4.78, 5) is 13.6. The molecule has 10 nitrogen and oxygen atoms in total. The predicted octanol–water partition coefficient (Wildman–Crippen LogP) is 3.78. The Morgan fingerprint density at radius 2 is 1.97 bits per heavy atom. The highest BCUT2D eigenvalue weighted by Crippen LogP contribution is 2.42. The zero-order chi connectivity index (χ0) is 23.5. The number of halogens is 1. The summed E-state index contributed by atoms with van der Waals surface area (Å²) in [6.07, 6.45) is 0. The minimum Gasteiger partial charge on any atom is -0.495 e. The van der Waals surface area contributed by atoms with E-state index in [9.17, 15) is 4.79 Å². The topological polar surface area (TPSA) is 112 Å². The first kappa shape index (κ1) is 22.6. The van der Waals surface area contributed by atoms with E-state index in [1.165, 1.54) is 0 Å². The number of carbonyl (C=O) groups is 1. The van der Waals surface area contributed by atoms with E-state index in [0.29, 0.717) is 51.2 Å². The molecule has 0 aliphatic carbocycles. The minimum absolute atomic E-state index is 0.320. The van der Waals surface area contributed by atoms with Crippen molar-refractivity contribution < 1.29 is 19.0 Å². The Morgan fingerprint density at radius 3 is 2.70 bits per heavy atom. The van der Waals surface area contributed by atoms with Gasteiger partial charge in [-0.15, -0.1) is 0 Å². The summed E-state index contributed by atoms with van der Waals surface area (Å²) < 4.78 is 18.9. The molecule has 33 heavy (non-hydrogen) atoms. The van der Waals surface area contributed by atoms with Crippen LogP contribution in [0.25, 0.3) is 0 Å². The number of anilines is 2. The van der Waals surface area contributed by atoms with Crippen LogP contribution in [-0.2, 0) is 4.79 Å². The van der Waals surface area contributed by atoms with E-state index >= 15 is 0 Å². The van der Waals surface area contributed by atoms with Crippen molar-refractivity contribution in [3.8, 4) is 17.2 Å². The molecule has 3 aromatic rings. The molecular formula is C22H23BrN6O4. The summed E-state index contributed by atoms with van der Waals surface area (Å²) in [6, 6.07) is 10.3. The third kappa shape index (κ3) is 4.23. The number of fused-ring (bicyclic) bond motifs is 1. The molecule has 1 amide bonds. The maximum Gasteiger partial charge on any atom is 0.255 e. The van der Waals surface area contributed by atoms with E-state index in [2.05, 4.69) is 42.1 Å². The number of allylic oxidation sites excluding steroid dienone is 1. The van der Waals surface area contributed by atoms with Gasteiger partial charge in [0.1, 0.15) is 11.8 Å². The smallest absolute Gasteiger partial charge is 0.255 e. The van der Waals surface area contributed by atoms with Crippen LogP contribution in [0, 0.1) is 0 Å². The first-order valence-electron chi connectivity index (χ1n) is 10.2. The fourth-order valence-electron chi connectivity index (χ4n) is 3.73. The average Bonchev–Trinajstić information content (AvgIpc) is 3.27. The van der Waals surface area contributed by atoms with Crippen molar-refractivity contribution in [3.63, 3.8) is 0 Å². The molecule has 11 heteroatoms. The molecule has 0 unspecified atom stereocenters. The summed E-state index contributed by atoms with van der Waals surface area (Å²) >= 11 is 3.57. The predicted molar refractivity (Wildman–Crippen MR) is 126 cm³/mol. The Hall–Kier alpha value is -3.60. The maximum atomic E-state index is 13.6. The number of amides is 1. The Kier molecular flexibility index (Phi) is 6.50. The van der Waals surface area contributed by atoms with E-state index in [1.807, 2.05) is 38.1 Å². The van der Waals surface area contributed by atoms with Crippen LogP contribution < -0.4 is 24.8 Å². The lowest BCUT2D eigenvalue weighted by atomic mass is 9.94. The van der Waals surface area contributed by atoms with Gasteiger partial charge in [0.15, 0.2) is 11.5 Å². The molecule has 0 saturated heterocycles. The number of carbonyl (C=O) groups excluding carboxylic acids is 1. The van der Waals surface area contributed by atoms with Crippen LogP contribution in [0.3, 0.4) is 0 Å². The number of aromatic nitrogens is 4. The number of ether oxygens (including phenoxy) is 3. The highest BCUT2D eigenvalue weighted by atomic mass is 79.9. The molecule has 0 radical (unpaired) electrons. The second kappa shape index (κ2) is 9.49. The van der Waals surface area contributed by atoms with Gasteiger partial charge in [-0.05, 0) is 70.0 Å². The van der Waals surface area contributed by atoms with Crippen LogP contribution in [0.4, 0.5) is 11.6 Å². The standard InChI is InChI=1S/C22H23BrN6O4/c1-5-33-20-14(23)10-13(11-17(20)32-4)19-18(12(2)24-22-26-27-28-29(19)22)21(30)25-15-8-6-7-9-16(15)31-3/h6-11,19H,5H2,1-4H3,(H,25,30)(H,24,26,28)/t19-/m0/s1. The molecular weight excluding hydrogens is 492 g/mol. The van der Waals surface area contributed by atoms with Gasteiger partial charge in [-0.1, -0.05) is 17.2 Å². The normalized spacial score (nSPS) is 14.9. The zero-order valence-corrected chi connectivity index (χ0v) is 20.1. The van der Waals surface area contributed by atoms with Gasteiger partial charge >= 0.3 is 0 Å². The number of nitrogens with zero attached hydrogens (tertiary/aromatic N) is 4. The summed E-state index contributed by atoms with van der Waals surface area (Å²) in [5.74, 6) is 1.76. The molecule has 2 N–H and O–H groups in total. The molecule has 2 aromatic carbocycles. The van der Waals surface area contributed by atoms with Gasteiger partial charge in [-0.25, -0.2) is 0 Å². The number of methoxy groups -OCH3 is 2. The number of hydrogen-bond donors (Lipinski definition) is 2. The van der Waals surface area contributed by atoms with Crippen molar-refractivity contribution in [1.29, 1.82) is 0 Å². The lowest BCUT2D eigenvalue weighted by molar-refractivity contribution is -0.113. The number of rotatable bonds is 7. The number of hydrogen-bond acceptors (Lipinski definition) is 8. The third-order valence-electron chi connectivity index (χ3n) is 5.17. The minimum atomic E-state index is -0.619. The zero-order valence-electron chi connectivity index (χ0n) is 18.5. The van der Waals surface area contributed by atoms with Gasteiger partial charge in [0.05, 0.1) is 36.6 Å². The van der Waals surface area contributed by atoms with Crippen LogP contribution in [0.15, 0.2) is 52.1 Å². The number of para-hydroxylation sites is 2. The largest absolute Gasteiger partial charge is 0.495 e. The fraction of sp³-hybridized carbons (Fsp3) is 0.273. The van der Waals surface area contributed by atoms with E-state index < -0.39 is 6.04 Å². The lowest BCUT2D eigenvalue weighted by Gasteiger charge is -2.28. The van der Waals surface area contributed by atoms with Crippen molar-refractivity contribution in [1.82, 2.24) is 20.2 Å². The average molecular weight is 515 g/mol. The quantitative estimate of drug-likeness (QED) is 0.489. The van der Waals surface area contributed by atoms with E-state index in [-0.39, 0.29) is 5.91 Å². The third-order valence-corrected chi connectivity index (χ3v) is 5.76. The van der Waals surface area contributed by atoms with Crippen molar-refractivity contribution >= 4 is 33.5 Å². The van der Waals surface area contributed by atoms with Crippen LogP contribution >= 0.6 is 15.9 Å². The van der Waals surface area contributed by atoms with Crippen LogP contribution in [-0.4, -0.2) is 46.9 Å². The lowest BCUT2D eigenvalue weighted by Crippen LogP contribution is -2.31. The summed E-state index contributed by atoms with van der Waals surface area (Å²) in [5, 5.41) is 18.0. The van der Waals surface area contributed by atoms with Crippen molar-refractivity contribution in [2.75, 3.05) is 31.5 Å². The molecule has 1 aliphatic heterocycles. The van der Waals surface area contributed by atoms with Crippen LogP contribution in [0.2, 0.25) is 0 Å². The Morgan fingerprint density at radius 1 is 1.21 bits per heavy atom. The maximum absolute atomic E-state index is 13.6. The molecule has 0 bridgehead atoms. The van der Waals surface area contributed by atoms with E-state index in [0.717, 1.165) is 5.56 Å². The summed E-state index contributed by atoms with van der Waals surface area (Å²) in [6.45, 7) is 4.18. The SMILES string of the molecule is CCOc1c(Br)cc([C@H]2C(C(=O)Nc3ccccc3OC)=C(C)Nc3nnnn32)cc1OC. The first-order chi connectivity index (χ1) is 16.0. The molecule has 0 spiro atoms. The first-order valence-corrected chi connectivity index (χ1v) is 11.0. The summed E-state index contributed by atoms with van der Waals surface area (Å²) in [7, 11) is 3.12. The van der Waals surface area contributed by atoms with Gasteiger partial charge in [-0.3, -0.25) is 4.79 Å². The second-order valence-electron chi connectivity index (χ2n) is 7.13. The highest BCUT2D eigenvalue weighted by Gasteiger charge is 2.35. The Bertz CT molecular complexity index is 1230. The van der Waals surface area contributed by atoms with Crippen LogP contribution in [0.5, 0.6) is 17.2 Å². The number of nitrogens with one attached hydrogen (secondary N) is 2. The molecule has 4 rings (SSSR count). The second-order valence-corrected chi connectivity index (χ2v) is 7.99. The van der Waals surface area contributed by atoms with Crippen molar-refractivity contribution in [2.45, 2.75) is 19.9 Å². The Labute approximate surface area is 199 Å². The summed E-state index contributed by atoms with van der Waals surface area (Å²) in [5.41, 5.74) is 2.36. The molecule has 0 saturated carbocycles. The number of benzene rings is 2. The van der Waals surface area contributed by atoms with Gasteiger partial charge in [0.25, 0.3) is 5.91 Å². The number of tetrazole rings is 1. The van der Waals surface area contributed by atoms with Gasteiger partial charge in [0, 0.05) is 5.70 Å². The van der Waals surface area contributed by atoms with Crippen molar-refractivity contribution in [2.24, 2.45) is 0 Å². The van der Waals surface area contributed by atoms with Crippen LogP contribution in [0.1, 0.15) is 25.5 Å². The Balaban J connectivity index is 1.81. The fourth-order valence-corrected chi connectivity index (χ4v) is 4.31. The molecule has 2 heterocycles. The molecule has 172 valence electrons. The monoisotopic (exact) mass is 514 g/mol. The van der Waals surface area contributed by atoms with Gasteiger partial charge < -0.3 is 24.8 Å². The highest BCUT2D eigenvalue weighted by molar-refractivity contribution is 9.10. The van der Waals surface area contributed by atoms with Crippen molar-refractivity contribution in [3.05, 3.63) is 57.7 Å². The molecule has 0 fully saturated rings.